The Morgan fingerprint density at radius 1 is 1.09 bits per heavy atom. The van der Waals surface area contributed by atoms with Crippen LogP contribution in [-0.4, -0.2) is 75.4 Å². The minimum Gasteiger partial charge on any atom is -0.379 e. The number of morpholine rings is 1. The van der Waals surface area contributed by atoms with Crippen molar-refractivity contribution in [3.05, 3.63) is 53.6 Å². The number of nitrogens with zero attached hydrogens (tertiary/aromatic N) is 2. The molecule has 0 aromatic heterocycles. The molecule has 1 heterocycles. The Hall–Kier alpha value is -2.79. The monoisotopic (exact) mass is 488 g/mol. The maximum atomic E-state index is 12.9. The molecule has 1 saturated heterocycles. The number of hydrogen-bond acceptors (Lipinski definition) is 6. The first-order valence-corrected chi connectivity index (χ1v) is 12.6. The van der Waals surface area contributed by atoms with Gasteiger partial charge in [0.2, 0.25) is 21.8 Å². The van der Waals surface area contributed by atoms with Gasteiger partial charge in [-0.1, -0.05) is 18.2 Å². The second kappa shape index (κ2) is 11.1. The van der Waals surface area contributed by atoms with E-state index in [0.29, 0.717) is 32.0 Å². The summed E-state index contributed by atoms with van der Waals surface area (Å²) in [6.07, 6.45) is 0. The molecule has 2 N–H and O–H groups in total. The number of nitrogens with one attached hydrogen (secondary N) is 2. The molecule has 10 heteroatoms. The van der Waals surface area contributed by atoms with Gasteiger partial charge in [0.1, 0.15) is 0 Å². The summed E-state index contributed by atoms with van der Waals surface area (Å²) in [6, 6.07) is 11.4. The molecule has 0 spiro atoms. The minimum absolute atomic E-state index is 0.0212. The van der Waals surface area contributed by atoms with Crippen molar-refractivity contribution in [2.75, 3.05) is 50.5 Å². The maximum absolute atomic E-state index is 12.9. The summed E-state index contributed by atoms with van der Waals surface area (Å²) in [7, 11) is -1.98. The number of rotatable bonds is 8. The molecule has 9 nitrogen and oxygen atoms in total. The van der Waals surface area contributed by atoms with Gasteiger partial charge in [0.15, 0.2) is 0 Å². The molecule has 1 fully saturated rings. The number of anilines is 2. The van der Waals surface area contributed by atoms with Crippen LogP contribution in [0.5, 0.6) is 0 Å². The van der Waals surface area contributed by atoms with Crippen molar-refractivity contribution in [3.63, 3.8) is 0 Å². The highest BCUT2D eigenvalue weighted by Gasteiger charge is 2.27. The Labute approximate surface area is 201 Å². The predicted molar refractivity (Wildman–Crippen MR) is 131 cm³/mol. The summed E-state index contributed by atoms with van der Waals surface area (Å²) < 4.78 is 32.4. The minimum atomic E-state index is -3.67. The van der Waals surface area contributed by atoms with E-state index in [9.17, 15) is 18.0 Å². The third kappa shape index (κ3) is 6.41. The Bertz CT molecular complexity index is 1150. The van der Waals surface area contributed by atoms with Crippen LogP contribution in [0.4, 0.5) is 11.4 Å². The van der Waals surface area contributed by atoms with Crippen LogP contribution in [0.3, 0.4) is 0 Å². The lowest BCUT2D eigenvalue weighted by Gasteiger charge is -2.26. The number of aryl methyl sites for hydroxylation is 2. The van der Waals surface area contributed by atoms with Crippen LogP contribution >= 0.6 is 0 Å². The molecule has 1 atom stereocenters. The highest BCUT2D eigenvalue weighted by Crippen LogP contribution is 2.21. The smallest absolute Gasteiger partial charge is 0.243 e. The summed E-state index contributed by atoms with van der Waals surface area (Å²) in [5.74, 6) is -0.572. The van der Waals surface area contributed by atoms with Crippen molar-refractivity contribution in [2.24, 2.45) is 0 Å². The Morgan fingerprint density at radius 2 is 1.79 bits per heavy atom. The maximum Gasteiger partial charge on any atom is 0.243 e. The summed E-state index contributed by atoms with van der Waals surface area (Å²) >= 11 is 0. The molecular weight excluding hydrogens is 456 g/mol. The zero-order valence-corrected chi connectivity index (χ0v) is 20.8. The van der Waals surface area contributed by atoms with Gasteiger partial charge in [-0.25, -0.2) is 8.42 Å². The molecule has 0 aliphatic carbocycles. The zero-order chi connectivity index (χ0) is 24.9. The van der Waals surface area contributed by atoms with E-state index in [1.165, 1.54) is 16.4 Å². The van der Waals surface area contributed by atoms with Crippen LogP contribution in [0.1, 0.15) is 18.1 Å². The Balaban J connectivity index is 1.61. The van der Waals surface area contributed by atoms with Crippen molar-refractivity contribution in [1.29, 1.82) is 0 Å². The number of carbonyl (C=O) groups is 2. The molecule has 34 heavy (non-hydrogen) atoms. The molecule has 2 aromatic rings. The lowest BCUT2D eigenvalue weighted by atomic mass is 10.1. The molecule has 0 saturated carbocycles. The van der Waals surface area contributed by atoms with Crippen LogP contribution in [-0.2, 0) is 24.3 Å². The summed E-state index contributed by atoms with van der Waals surface area (Å²) in [4.78, 5) is 27.0. The number of hydrogen-bond donors (Lipinski definition) is 2. The van der Waals surface area contributed by atoms with Gasteiger partial charge in [-0.05, 0) is 63.2 Å². The second-order valence-electron chi connectivity index (χ2n) is 8.49. The van der Waals surface area contributed by atoms with Crippen LogP contribution < -0.4 is 10.6 Å². The highest BCUT2D eigenvalue weighted by atomic mass is 32.2. The fourth-order valence-electron chi connectivity index (χ4n) is 3.54. The van der Waals surface area contributed by atoms with E-state index in [2.05, 4.69) is 10.6 Å². The van der Waals surface area contributed by atoms with Crippen molar-refractivity contribution < 1.29 is 22.7 Å². The van der Waals surface area contributed by atoms with Gasteiger partial charge in [-0.15, -0.1) is 0 Å². The molecule has 0 radical (unpaired) electrons. The van der Waals surface area contributed by atoms with Crippen LogP contribution in [0, 0.1) is 13.8 Å². The number of likely N-dealkylation sites (N-methyl/N-ethyl adjacent to an activating group) is 1. The van der Waals surface area contributed by atoms with Gasteiger partial charge < -0.3 is 15.4 Å². The molecular formula is C24H32N4O5S. The quantitative estimate of drug-likeness (QED) is 0.590. The van der Waals surface area contributed by atoms with Crippen molar-refractivity contribution >= 4 is 33.2 Å². The number of ether oxygens (including phenoxy) is 1. The highest BCUT2D eigenvalue weighted by molar-refractivity contribution is 7.89. The van der Waals surface area contributed by atoms with E-state index in [1.54, 1.807) is 31.0 Å². The fraction of sp³-hybridized carbons (Fsp3) is 0.417. The third-order valence-electron chi connectivity index (χ3n) is 5.81. The standard InChI is InChI=1S/C24H32N4O5S/c1-17-8-9-18(2)22(14-17)26-23(29)16-27(4)19(3)24(30)25-20-6-5-7-21(15-20)34(31,32)28-10-12-33-13-11-28/h5-9,14-15,19H,10-13,16H2,1-4H3,(H,25,30)(H,26,29). The normalized spacial score (nSPS) is 15.7. The van der Waals surface area contributed by atoms with Gasteiger partial charge >= 0.3 is 0 Å². The first-order valence-electron chi connectivity index (χ1n) is 11.1. The van der Waals surface area contributed by atoms with Crippen LogP contribution in [0.25, 0.3) is 0 Å². The average molecular weight is 489 g/mol. The van der Waals surface area contributed by atoms with Gasteiger partial charge in [0, 0.05) is 24.5 Å². The molecule has 2 aromatic carbocycles. The average Bonchev–Trinajstić information content (AvgIpc) is 2.81. The van der Waals surface area contributed by atoms with Gasteiger partial charge in [-0.3, -0.25) is 14.5 Å². The number of sulfonamides is 1. The third-order valence-corrected chi connectivity index (χ3v) is 7.70. The first-order chi connectivity index (χ1) is 16.1. The topological polar surface area (TPSA) is 108 Å². The largest absolute Gasteiger partial charge is 0.379 e. The van der Waals surface area contributed by atoms with E-state index < -0.39 is 16.1 Å². The van der Waals surface area contributed by atoms with Gasteiger partial charge in [0.05, 0.1) is 30.7 Å². The van der Waals surface area contributed by atoms with E-state index in [-0.39, 0.29) is 23.3 Å². The van der Waals surface area contributed by atoms with E-state index in [0.717, 1.165) is 16.8 Å². The van der Waals surface area contributed by atoms with Crippen LogP contribution in [0.15, 0.2) is 47.4 Å². The van der Waals surface area contributed by atoms with E-state index in [4.69, 9.17) is 4.74 Å². The van der Waals surface area contributed by atoms with Gasteiger partial charge in [0.25, 0.3) is 0 Å². The Kier molecular flexibility index (Phi) is 8.42. The molecule has 0 bridgehead atoms. The molecule has 2 amide bonds. The van der Waals surface area contributed by atoms with Crippen molar-refractivity contribution in [2.45, 2.75) is 31.7 Å². The van der Waals surface area contributed by atoms with E-state index in [1.807, 2.05) is 32.0 Å². The number of amides is 2. The molecule has 1 aliphatic heterocycles. The molecule has 3 rings (SSSR count). The van der Waals surface area contributed by atoms with Crippen LogP contribution in [0.2, 0.25) is 0 Å². The first kappa shape index (κ1) is 25.8. The predicted octanol–water partition coefficient (Wildman–Crippen LogP) is 2.22. The summed E-state index contributed by atoms with van der Waals surface area (Å²) in [5.41, 5.74) is 3.12. The lowest BCUT2D eigenvalue weighted by Crippen LogP contribution is -2.43. The number of carbonyl (C=O) groups excluding carboxylic acids is 2. The Morgan fingerprint density at radius 3 is 2.50 bits per heavy atom. The summed E-state index contributed by atoms with van der Waals surface area (Å²) in [6.45, 7) is 6.89. The fourth-order valence-corrected chi connectivity index (χ4v) is 5.00. The zero-order valence-electron chi connectivity index (χ0n) is 20.0. The van der Waals surface area contributed by atoms with Crippen molar-refractivity contribution in [1.82, 2.24) is 9.21 Å². The SMILES string of the molecule is Cc1ccc(C)c(NC(=O)CN(C)C(C)C(=O)Nc2cccc(S(=O)(=O)N3CCOCC3)c2)c1. The van der Waals surface area contributed by atoms with Crippen molar-refractivity contribution in [3.8, 4) is 0 Å². The molecule has 1 aliphatic rings. The lowest BCUT2D eigenvalue weighted by molar-refractivity contribution is -0.122. The summed E-state index contributed by atoms with van der Waals surface area (Å²) in [5, 5.41) is 5.65. The van der Waals surface area contributed by atoms with E-state index >= 15 is 0 Å². The second-order valence-corrected chi connectivity index (χ2v) is 10.4. The molecule has 1 unspecified atom stereocenters. The van der Waals surface area contributed by atoms with Gasteiger partial charge in [-0.2, -0.15) is 4.31 Å². The number of benzene rings is 2. The molecule has 184 valence electrons.